The molecule has 124 valence electrons. The Kier molecular flexibility index (Phi) is 5.29. The lowest BCUT2D eigenvalue weighted by Gasteiger charge is -2.35. The molecule has 24 heavy (non-hydrogen) atoms. The zero-order valence-electron chi connectivity index (χ0n) is 14.0. The van der Waals surface area contributed by atoms with E-state index in [2.05, 4.69) is 28.2 Å². The summed E-state index contributed by atoms with van der Waals surface area (Å²) in [6.45, 7) is 4.03. The Labute approximate surface area is 143 Å². The summed E-state index contributed by atoms with van der Waals surface area (Å²) in [6.07, 6.45) is 3.41. The van der Waals surface area contributed by atoms with Gasteiger partial charge < -0.3 is 15.1 Å². The van der Waals surface area contributed by atoms with E-state index in [0.29, 0.717) is 0 Å². The van der Waals surface area contributed by atoms with Gasteiger partial charge >= 0.3 is 0 Å². The van der Waals surface area contributed by atoms with Crippen LogP contribution in [0.4, 0.5) is 11.4 Å². The van der Waals surface area contributed by atoms with Crippen molar-refractivity contribution in [3.05, 3.63) is 66.2 Å². The van der Waals surface area contributed by atoms with Gasteiger partial charge in [0, 0.05) is 32.3 Å². The third-order valence-electron chi connectivity index (χ3n) is 4.23. The zero-order chi connectivity index (χ0) is 16.8. The minimum Gasteiger partial charge on any atom is -0.367 e. The van der Waals surface area contributed by atoms with Crippen LogP contribution in [-0.2, 0) is 4.79 Å². The topological polar surface area (TPSA) is 35.6 Å². The molecule has 1 N–H and O–H groups in total. The Morgan fingerprint density at radius 2 is 1.62 bits per heavy atom. The van der Waals surface area contributed by atoms with Crippen molar-refractivity contribution in [3.63, 3.8) is 0 Å². The lowest BCUT2D eigenvalue weighted by molar-refractivity contribution is -0.111. The molecular formula is C20H23N3O. The smallest absolute Gasteiger partial charge is 0.248 e. The summed E-state index contributed by atoms with van der Waals surface area (Å²) in [5.74, 6) is -0.111. The van der Waals surface area contributed by atoms with E-state index < -0.39 is 0 Å². The molecule has 0 saturated carbocycles. The zero-order valence-corrected chi connectivity index (χ0v) is 14.0. The first kappa shape index (κ1) is 16.3. The van der Waals surface area contributed by atoms with Gasteiger partial charge in [0.15, 0.2) is 0 Å². The van der Waals surface area contributed by atoms with Crippen molar-refractivity contribution in [3.8, 4) is 0 Å². The number of likely N-dealkylation sites (N-methyl/N-ethyl adjacent to an activating group) is 1. The average Bonchev–Trinajstić information content (AvgIpc) is 2.62. The number of para-hydroxylation sites is 2. The van der Waals surface area contributed by atoms with Gasteiger partial charge in [-0.15, -0.1) is 0 Å². The molecule has 0 spiro atoms. The highest BCUT2D eigenvalue weighted by Crippen LogP contribution is 2.26. The van der Waals surface area contributed by atoms with Gasteiger partial charge in [-0.1, -0.05) is 42.5 Å². The van der Waals surface area contributed by atoms with Crippen molar-refractivity contribution in [1.29, 1.82) is 0 Å². The molecule has 0 unspecified atom stereocenters. The van der Waals surface area contributed by atoms with E-state index in [-0.39, 0.29) is 5.91 Å². The molecule has 2 aromatic carbocycles. The molecule has 0 atom stereocenters. The van der Waals surface area contributed by atoms with Crippen LogP contribution in [0, 0.1) is 0 Å². The fourth-order valence-electron chi connectivity index (χ4n) is 2.81. The van der Waals surface area contributed by atoms with Crippen molar-refractivity contribution in [1.82, 2.24) is 4.90 Å². The van der Waals surface area contributed by atoms with Crippen molar-refractivity contribution < 1.29 is 4.79 Å². The Bertz CT molecular complexity index is 704. The second kappa shape index (κ2) is 7.79. The van der Waals surface area contributed by atoms with E-state index in [1.165, 1.54) is 0 Å². The first-order valence-corrected chi connectivity index (χ1v) is 8.29. The third-order valence-corrected chi connectivity index (χ3v) is 4.23. The van der Waals surface area contributed by atoms with Gasteiger partial charge in [0.05, 0.1) is 11.4 Å². The van der Waals surface area contributed by atoms with Gasteiger partial charge in [0.2, 0.25) is 5.91 Å². The van der Waals surface area contributed by atoms with Crippen LogP contribution in [0.5, 0.6) is 0 Å². The summed E-state index contributed by atoms with van der Waals surface area (Å²) < 4.78 is 0. The molecule has 0 bridgehead atoms. The molecule has 3 rings (SSSR count). The van der Waals surface area contributed by atoms with Crippen molar-refractivity contribution >= 4 is 23.4 Å². The van der Waals surface area contributed by atoms with Crippen LogP contribution in [-0.4, -0.2) is 44.0 Å². The SMILES string of the molecule is CN1CCN(c2ccccc2NC(=O)/C=C/c2ccccc2)CC1. The van der Waals surface area contributed by atoms with Crippen LogP contribution in [0.25, 0.3) is 6.08 Å². The van der Waals surface area contributed by atoms with Gasteiger partial charge in [-0.05, 0) is 30.8 Å². The van der Waals surface area contributed by atoms with Crippen LogP contribution in [0.15, 0.2) is 60.7 Å². The summed E-state index contributed by atoms with van der Waals surface area (Å²) in [4.78, 5) is 16.9. The number of anilines is 2. The predicted octanol–water partition coefficient (Wildman–Crippen LogP) is 3.09. The first-order valence-electron chi connectivity index (χ1n) is 8.29. The van der Waals surface area contributed by atoms with Gasteiger partial charge in [-0.2, -0.15) is 0 Å². The average molecular weight is 321 g/mol. The van der Waals surface area contributed by atoms with E-state index in [9.17, 15) is 4.79 Å². The lowest BCUT2D eigenvalue weighted by atomic mass is 10.2. The number of piperazine rings is 1. The summed E-state index contributed by atoms with van der Waals surface area (Å²) in [5.41, 5.74) is 2.97. The molecule has 4 nitrogen and oxygen atoms in total. The number of rotatable bonds is 4. The highest BCUT2D eigenvalue weighted by Gasteiger charge is 2.17. The standard InChI is InChI=1S/C20H23N3O/c1-22-13-15-23(16-14-22)19-10-6-5-9-18(19)21-20(24)12-11-17-7-3-2-4-8-17/h2-12H,13-16H2,1H3,(H,21,24)/b12-11+. The number of amides is 1. The van der Waals surface area contributed by atoms with Gasteiger partial charge in [0.1, 0.15) is 0 Å². The summed E-state index contributed by atoms with van der Waals surface area (Å²) in [7, 11) is 2.14. The molecule has 4 heteroatoms. The van der Waals surface area contributed by atoms with Crippen LogP contribution in [0.2, 0.25) is 0 Å². The molecule has 1 heterocycles. The van der Waals surface area contributed by atoms with E-state index in [1.54, 1.807) is 6.08 Å². The highest BCUT2D eigenvalue weighted by molar-refractivity contribution is 6.03. The number of hydrogen-bond acceptors (Lipinski definition) is 3. The monoisotopic (exact) mass is 321 g/mol. The second-order valence-corrected chi connectivity index (χ2v) is 6.04. The second-order valence-electron chi connectivity index (χ2n) is 6.04. The molecule has 0 aliphatic carbocycles. The summed E-state index contributed by atoms with van der Waals surface area (Å²) >= 11 is 0. The Morgan fingerprint density at radius 3 is 2.38 bits per heavy atom. The molecular weight excluding hydrogens is 298 g/mol. The van der Waals surface area contributed by atoms with Gasteiger partial charge in [0.25, 0.3) is 0 Å². The Morgan fingerprint density at radius 1 is 0.958 bits per heavy atom. The van der Waals surface area contributed by atoms with E-state index >= 15 is 0 Å². The molecule has 1 amide bonds. The fourth-order valence-corrected chi connectivity index (χ4v) is 2.81. The number of carbonyl (C=O) groups is 1. The number of benzene rings is 2. The third kappa shape index (κ3) is 4.24. The van der Waals surface area contributed by atoms with Gasteiger partial charge in [-0.25, -0.2) is 0 Å². The lowest BCUT2D eigenvalue weighted by Crippen LogP contribution is -2.44. The normalized spacial score (nSPS) is 15.6. The predicted molar refractivity (Wildman–Crippen MR) is 100 cm³/mol. The number of hydrogen-bond donors (Lipinski definition) is 1. The number of nitrogens with zero attached hydrogens (tertiary/aromatic N) is 2. The van der Waals surface area contributed by atoms with Gasteiger partial charge in [-0.3, -0.25) is 4.79 Å². The van der Waals surface area contributed by atoms with Crippen molar-refractivity contribution in [2.45, 2.75) is 0 Å². The van der Waals surface area contributed by atoms with Crippen molar-refractivity contribution in [2.24, 2.45) is 0 Å². The maximum Gasteiger partial charge on any atom is 0.248 e. The fraction of sp³-hybridized carbons (Fsp3) is 0.250. The Balaban J connectivity index is 1.69. The maximum atomic E-state index is 12.2. The van der Waals surface area contributed by atoms with E-state index in [0.717, 1.165) is 43.1 Å². The van der Waals surface area contributed by atoms with Crippen molar-refractivity contribution in [2.75, 3.05) is 43.4 Å². The van der Waals surface area contributed by atoms with Crippen LogP contribution in [0.3, 0.4) is 0 Å². The summed E-state index contributed by atoms with van der Waals surface area (Å²) in [6, 6.07) is 17.8. The molecule has 0 radical (unpaired) electrons. The molecule has 2 aromatic rings. The molecule has 1 fully saturated rings. The molecule has 1 saturated heterocycles. The quantitative estimate of drug-likeness (QED) is 0.879. The minimum absolute atomic E-state index is 0.111. The number of nitrogens with one attached hydrogen (secondary N) is 1. The van der Waals surface area contributed by atoms with E-state index in [4.69, 9.17) is 0 Å². The number of carbonyl (C=O) groups excluding carboxylic acids is 1. The highest BCUT2D eigenvalue weighted by atomic mass is 16.1. The minimum atomic E-state index is -0.111. The summed E-state index contributed by atoms with van der Waals surface area (Å²) in [5, 5.41) is 3.01. The molecule has 1 aliphatic heterocycles. The largest absolute Gasteiger partial charge is 0.367 e. The molecule has 0 aromatic heterocycles. The van der Waals surface area contributed by atoms with Crippen LogP contribution >= 0.6 is 0 Å². The molecule has 1 aliphatic rings. The maximum absolute atomic E-state index is 12.2. The Hall–Kier alpha value is -2.59. The van der Waals surface area contributed by atoms with Crippen LogP contribution < -0.4 is 10.2 Å². The van der Waals surface area contributed by atoms with Crippen LogP contribution in [0.1, 0.15) is 5.56 Å². The van der Waals surface area contributed by atoms with E-state index in [1.807, 2.05) is 54.6 Å². The first-order chi connectivity index (χ1) is 11.7.